The molecule has 1 heterocycles. The molecule has 0 aromatic carbocycles. The van der Waals surface area contributed by atoms with Crippen LogP contribution in [0.25, 0.3) is 0 Å². The Balaban J connectivity index is 2.67. The van der Waals surface area contributed by atoms with Crippen LogP contribution in [0, 0.1) is 0 Å². The summed E-state index contributed by atoms with van der Waals surface area (Å²) in [6.07, 6.45) is -2.68. The number of nitrogens with one attached hydrogen (secondary N) is 1. The van der Waals surface area contributed by atoms with E-state index < -0.39 is 12.4 Å². The number of alkyl halides is 3. The van der Waals surface area contributed by atoms with Crippen molar-refractivity contribution in [3.05, 3.63) is 18.6 Å². The molecule has 0 fully saturated rings. The number of anilines is 1. The predicted octanol–water partition coefficient (Wildman–Crippen LogP) is 1.81. The monoisotopic (exact) mass is 221 g/mol. The van der Waals surface area contributed by atoms with Crippen molar-refractivity contribution in [2.45, 2.75) is 19.3 Å². The number of nitrogens with zero attached hydrogens (tertiary/aromatic N) is 2. The zero-order chi connectivity index (χ0) is 11.3. The molecule has 1 atom stereocenters. The van der Waals surface area contributed by atoms with Gasteiger partial charge in [0.15, 0.2) is 0 Å². The van der Waals surface area contributed by atoms with Crippen molar-refractivity contribution >= 4 is 5.82 Å². The van der Waals surface area contributed by atoms with Gasteiger partial charge in [-0.1, -0.05) is 0 Å². The molecule has 0 amide bonds. The van der Waals surface area contributed by atoms with Crippen molar-refractivity contribution in [1.29, 1.82) is 0 Å². The topological polar surface area (TPSA) is 47.0 Å². The third kappa shape index (κ3) is 3.70. The van der Waals surface area contributed by atoms with Gasteiger partial charge in [-0.05, 0) is 6.92 Å². The smallest absolute Gasteiger partial charge is 0.350 e. The van der Waals surface area contributed by atoms with Crippen molar-refractivity contribution in [2.75, 3.05) is 11.9 Å². The van der Waals surface area contributed by atoms with Crippen LogP contribution >= 0.6 is 0 Å². The fourth-order valence-corrected chi connectivity index (χ4v) is 0.893. The number of halogens is 3. The molecule has 0 spiro atoms. The number of ether oxygens (including phenoxy) is 1. The van der Waals surface area contributed by atoms with Crippen molar-refractivity contribution in [3.8, 4) is 0 Å². The van der Waals surface area contributed by atoms with Crippen LogP contribution in [-0.2, 0) is 4.74 Å². The lowest BCUT2D eigenvalue weighted by Crippen LogP contribution is -2.39. The van der Waals surface area contributed by atoms with E-state index >= 15 is 0 Å². The fraction of sp³-hybridized carbons (Fsp3) is 0.500. The van der Waals surface area contributed by atoms with Gasteiger partial charge in [-0.15, -0.1) is 0 Å². The summed E-state index contributed by atoms with van der Waals surface area (Å²) in [5, 5.41) is 2.10. The normalized spacial score (nSPS) is 13.6. The summed E-state index contributed by atoms with van der Waals surface area (Å²) in [5.74, 6) is 0.0216. The van der Waals surface area contributed by atoms with Crippen LogP contribution in [0.1, 0.15) is 6.92 Å². The highest BCUT2D eigenvalue weighted by atomic mass is 19.4. The number of hydrogen-bond donors (Lipinski definition) is 1. The Morgan fingerprint density at radius 2 is 2.20 bits per heavy atom. The molecule has 1 aromatic rings. The summed E-state index contributed by atoms with van der Waals surface area (Å²) in [7, 11) is 0. The van der Waals surface area contributed by atoms with Gasteiger partial charge in [0.25, 0.3) is 0 Å². The SMILES string of the molecule is CCO[C@@H](Nc1cnccn1)C(F)(F)F. The van der Waals surface area contributed by atoms with E-state index in [0.29, 0.717) is 0 Å². The highest BCUT2D eigenvalue weighted by Crippen LogP contribution is 2.23. The standard InChI is InChI=1S/C8H10F3N3O/c1-2-15-7(8(9,10)11)14-6-5-12-3-4-13-6/h3-5,7H,2H2,1H3,(H,13,14)/t7-/m1/s1. The zero-order valence-electron chi connectivity index (χ0n) is 7.95. The second kappa shape index (κ2) is 4.92. The molecule has 1 rings (SSSR count). The lowest BCUT2D eigenvalue weighted by molar-refractivity contribution is -0.209. The quantitative estimate of drug-likeness (QED) is 0.788. The van der Waals surface area contributed by atoms with Crippen molar-refractivity contribution in [1.82, 2.24) is 9.97 Å². The van der Waals surface area contributed by atoms with E-state index in [0.717, 1.165) is 0 Å². The third-order valence-electron chi connectivity index (χ3n) is 1.47. The molecule has 1 N–H and O–H groups in total. The molecule has 1 aromatic heterocycles. The lowest BCUT2D eigenvalue weighted by Gasteiger charge is -2.21. The van der Waals surface area contributed by atoms with Gasteiger partial charge in [0.2, 0.25) is 6.23 Å². The van der Waals surface area contributed by atoms with Gasteiger partial charge in [-0.3, -0.25) is 4.98 Å². The number of hydrogen-bond acceptors (Lipinski definition) is 4. The van der Waals surface area contributed by atoms with E-state index in [1.54, 1.807) is 0 Å². The second-order valence-corrected chi connectivity index (χ2v) is 2.61. The third-order valence-corrected chi connectivity index (χ3v) is 1.47. The molecule has 15 heavy (non-hydrogen) atoms. The maximum Gasteiger partial charge on any atom is 0.433 e. The number of aromatic nitrogens is 2. The maximum absolute atomic E-state index is 12.4. The lowest BCUT2D eigenvalue weighted by atomic mass is 10.5. The summed E-state index contributed by atoms with van der Waals surface area (Å²) in [5.41, 5.74) is 0. The van der Waals surface area contributed by atoms with Crippen molar-refractivity contribution in [2.24, 2.45) is 0 Å². The summed E-state index contributed by atoms with van der Waals surface area (Å²) >= 11 is 0. The Hall–Kier alpha value is -1.37. The van der Waals surface area contributed by atoms with Gasteiger partial charge in [0.05, 0.1) is 6.20 Å². The Bertz CT molecular complexity index is 291. The van der Waals surface area contributed by atoms with Gasteiger partial charge in [-0.25, -0.2) is 4.98 Å². The average molecular weight is 221 g/mol. The van der Waals surface area contributed by atoms with E-state index in [1.807, 2.05) is 0 Å². The molecule has 7 heteroatoms. The van der Waals surface area contributed by atoms with Gasteiger partial charge >= 0.3 is 6.18 Å². The Morgan fingerprint density at radius 1 is 1.47 bits per heavy atom. The molecule has 0 bridgehead atoms. The van der Waals surface area contributed by atoms with Crippen LogP contribution in [0.15, 0.2) is 18.6 Å². The predicted molar refractivity (Wildman–Crippen MR) is 47.1 cm³/mol. The molecule has 0 aliphatic heterocycles. The minimum Gasteiger partial charge on any atom is -0.350 e. The van der Waals surface area contributed by atoms with Crippen molar-refractivity contribution in [3.63, 3.8) is 0 Å². The fourth-order valence-electron chi connectivity index (χ4n) is 0.893. The first-order chi connectivity index (χ1) is 7.04. The minimum absolute atomic E-state index is 0.0216. The van der Waals surface area contributed by atoms with Gasteiger partial charge < -0.3 is 10.1 Å². The summed E-state index contributed by atoms with van der Waals surface area (Å²) in [6.45, 7) is 1.44. The van der Waals surface area contributed by atoms with Gasteiger partial charge in [-0.2, -0.15) is 13.2 Å². The second-order valence-electron chi connectivity index (χ2n) is 2.61. The molecule has 4 nitrogen and oxygen atoms in total. The first-order valence-corrected chi connectivity index (χ1v) is 4.25. The van der Waals surface area contributed by atoms with Gasteiger partial charge in [0, 0.05) is 19.0 Å². The Morgan fingerprint density at radius 3 is 2.67 bits per heavy atom. The van der Waals surface area contributed by atoms with Crippen LogP contribution in [0.3, 0.4) is 0 Å². The molecule has 0 saturated heterocycles. The molecule has 0 aliphatic carbocycles. The zero-order valence-corrected chi connectivity index (χ0v) is 7.95. The molecule has 0 radical (unpaired) electrons. The van der Waals surface area contributed by atoms with E-state index in [9.17, 15) is 13.2 Å². The van der Waals surface area contributed by atoms with Gasteiger partial charge in [0.1, 0.15) is 5.82 Å². The maximum atomic E-state index is 12.4. The summed E-state index contributed by atoms with van der Waals surface area (Å²) in [6, 6.07) is 0. The van der Waals surface area contributed by atoms with Crippen LogP contribution in [0.5, 0.6) is 0 Å². The molecule has 0 aliphatic rings. The summed E-state index contributed by atoms with van der Waals surface area (Å²) < 4.78 is 41.6. The largest absolute Gasteiger partial charge is 0.433 e. The first-order valence-electron chi connectivity index (χ1n) is 4.25. The Labute approximate surface area is 84.5 Å². The first kappa shape index (κ1) is 11.7. The minimum atomic E-state index is -4.48. The molecular formula is C8H10F3N3O. The van der Waals surface area contributed by atoms with Crippen LogP contribution < -0.4 is 5.32 Å². The molecule has 0 unspecified atom stereocenters. The highest BCUT2D eigenvalue weighted by Gasteiger charge is 2.40. The van der Waals surface area contributed by atoms with Crippen LogP contribution in [-0.4, -0.2) is 29.0 Å². The highest BCUT2D eigenvalue weighted by molar-refractivity contribution is 5.30. The van der Waals surface area contributed by atoms with E-state index in [1.165, 1.54) is 25.5 Å². The summed E-state index contributed by atoms with van der Waals surface area (Å²) in [4.78, 5) is 7.29. The van der Waals surface area contributed by atoms with E-state index in [-0.39, 0.29) is 12.4 Å². The van der Waals surface area contributed by atoms with E-state index in [4.69, 9.17) is 0 Å². The molecular weight excluding hydrogens is 211 g/mol. The molecule has 0 saturated carbocycles. The van der Waals surface area contributed by atoms with Crippen LogP contribution in [0.2, 0.25) is 0 Å². The average Bonchev–Trinajstić information content (AvgIpc) is 2.17. The number of rotatable bonds is 4. The Kier molecular flexibility index (Phi) is 3.84. The van der Waals surface area contributed by atoms with Crippen molar-refractivity contribution < 1.29 is 17.9 Å². The molecule has 84 valence electrons. The van der Waals surface area contributed by atoms with E-state index in [2.05, 4.69) is 20.0 Å². The van der Waals surface area contributed by atoms with Crippen LogP contribution in [0.4, 0.5) is 19.0 Å².